The second-order valence-electron chi connectivity index (χ2n) is 5.60. The molecule has 1 aliphatic heterocycles. The average molecular weight is 284 g/mol. The minimum absolute atomic E-state index is 0.0242. The molecule has 1 aliphatic rings. The summed E-state index contributed by atoms with van der Waals surface area (Å²) >= 11 is 0. The number of hydrogen-bond donors (Lipinski definition) is 2. The summed E-state index contributed by atoms with van der Waals surface area (Å²) in [6.45, 7) is 5.81. The van der Waals surface area contributed by atoms with Crippen molar-refractivity contribution in [3.05, 3.63) is 35.2 Å². The smallest absolute Gasteiger partial charge is 0.251 e. The Morgan fingerprint density at radius 3 is 2.52 bits per heavy atom. The van der Waals surface area contributed by atoms with Gasteiger partial charge in [0.15, 0.2) is 0 Å². The zero-order chi connectivity index (χ0) is 14.8. The fourth-order valence-corrected chi connectivity index (χ4v) is 2.61. The highest BCUT2D eigenvalue weighted by Crippen LogP contribution is 2.15. The Morgan fingerprint density at radius 1 is 1.14 bits per heavy atom. The predicted octanol–water partition coefficient (Wildman–Crippen LogP) is 1.73. The quantitative estimate of drug-likeness (QED) is 0.881. The van der Waals surface area contributed by atoms with Crippen LogP contribution in [0.2, 0.25) is 0 Å². The summed E-state index contributed by atoms with van der Waals surface area (Å²) < 4.78 is 0. The van der Waals surface area contributed by atoms with Crippen molar-refractivity contribution < 1.29 is 4.79 Å². The number of hydrogen-bond acceptors (Lipinski definition) is 4. The molecule has 21 heavy (non-hydrogen) atoms. The summed E-state index contributed by atoms with van der Waals surface area (Å²) in [5, 5.41) is 6.39. The first-order valence-corrected chi connectivity index (χ1v) is 7.40. The van der Waals surface area contributed by atoms with Gasteiger partial charge in [-0.25, -0.2) is 9.97 Å². The lowest BCUT2D eigenvalue weighted by atomic mass is 10.1. The zero-order valence-electron chi connectivity index (χ0n) is 12.4. The van der Waals surface area contributed by atoms with Crippen LogP contribution in [0.5, 0.6) is 0 Å². The van der Waals surface area contributed by atoms with Gasteiger partial charge in [0.2, 0.25) is 0 Å². The number of amides is 1. The normalized spacial score (nSPS) is 16.1. The molecule has 2 N–H and O–H groups in total. The van der Waals surface area contributed by atoms with Crippen molar-refractivity contribution in [3.63, 3.8) is 0 Å². The Morgan fingerprint density at radius 2 is 1.81 bits per heavy atom. The Hall–Kier alpha value is -2.01. The molecular formula is C16H20N4O. The van der Waals surface area contributed by atoms with E-state index in [-0.39, 0.29) is 11.9 Å². The van der Waals surface area contributed by atoms with Crippen LogP contribution < -0.4 is 10.6 Å². The number of nitrogens with one attached hydrogen (secondary N) is 2. The molecule has 1 aromatic carbocycles. The van der Waals surface area contributed by atoms with Crippen LogP contribution in [0.3, 0.4) is 0 Å². The highest BCUT2D eigenvalue weighted by Gasteiger charge is 2.16. The molecular weight excluding hydrogens is 264 g/mol. The number of benzene rings is 1. The van der Waals surface area contributed by atoms with Gasteiger partial charge in [0.05, 0.1) is 22.4 Å². The van der Waals surface area contributed by atoms with E-state index in [4.69, 9.17) is 0 Å². The van der Waals surface area contributed by atoms with Crippen LogP contribution >= 0.6 is 0 Å². The molecule has 1 aromatic heterocycles. The van der Waals surface area contributed by atoms with Crippen molar-refractivity contribution in [2.75, 3.05) is 13.1 Å². The van der Waals surface area contributed by atoms with E-state index in [0.29, 0.717) is 5.56 Å². The Bertz CT molecular complexity index is 677. The molecule has 110 valence electrons. The van der Waals surface area contributed by atoms with Crippen molar-refractivity contribution >= 4 is 16.9 Å². The average Bonchev–Trinajstić information content (AvgIpc) is 2.49. The maximum atomic E-state index is 12.3. The first kappa shape index (κ1) is 13.9. The van der Waals surface area contributed by atoms with E-state index in [1.807, 2.05) is 32.0 Å². The van der Waals surface area contributed by atoms with E-state index in [9.17, 15) is 4.79 Å². The van der Waals surface area contributed by atoms with Crippen LogP contribution in [0.4, 0.5) is 0 Å². The molecule has 0 saturated carbocycles. The lowest BCUT2D eigenvalue weighted by Crippen LogP contribution is -2.42. The minimum Gasteiger partial charge on any atom is -0.349 e. The van der Waals surface area contributed by atoms with Gasteiger partial charge in [0, 0.05) is 11.6 Å². The van der Waals surface area contributed by atoms with Crippen LogP contribution in [-0.2, 0) is 0 Å². The third-order valence-electron chi connectivity index (χ3n) is 4.01. The third kappa shape index (κ3) is 3.03. The molecule has 0 atom stereocenters. The summed E-state index contributed by atoms with van der Waals surface area (Å²) in [5.41, 5.74) is 4.08. The largest absolute Gasteiger partial charge is 0.349 e. The lowest BCUT2D eigenvalue weighted by Gasteiger charge is -2.23. The number of nitrogens with zero attached hydrogens (tertiary/aromatic N) is 2. The van der Waals surface area contributed by atoms with Crippen LogP contribution in [0.15, 0.2) is 18.2 Å². The molecule has 1 amide bonds. The standard InChI is InChI=1S/C16H20N4O/c1-10-11(2)19-15-9-12(3-4-14(15)18-10)16(21)20-13-5-7-17-8-6-13/h3-4,9,13,17H,5-8H2,1-2H3,(H,20,21). The molecule has 5 heteroatoms. The predicted molar refractivity (Wildman–Crippen MR) is 82.4 cm³/mol. The first-order chi connectivity index (χ1) is 10.1. The van der Waals surface area contributed by atoms with Gasteiger partial charge >= 0.3 is 0 Å². The van der Waals surface area contributed by atoms with Crippen LogP contribution in [0, 0.1) is 13.8 Å². The van der Waals surface area contributed by atoms with Gasteiger partial charge in [0.1, 0.15) is 0 Å². The molecule has 2 heterocycles. The molecule has 3 rings (SSSR count). The molecule has 0 bridgehead atoms. The second-order valence-corrected chi connectivity index (χ2v) is 5.60. The van der Waals surface area contributed by atoms with E-state index >= 15 is 0 Å². The molecule has 0 aliphatic carbocycles. The summed E-state index contributed by atoms with van der Waals surface area (Å²) in [6.07, 6.45) is 1.97. The van der Waals surface area contributed by atoms with Gasteiger partial charge in [0.25, 0.3) is 5.91 Å². The molecule has 0 unspecified atom stereocenters. The Kier molecular flexibility index (Phi) is 3.84. The topological polar surface area (TPSA) is 66.9 Å². The summed E-state index contributed by atoms with van der Waals surface area (Å²) in [7, 11) is 0. The molecule has 2 aromatic rings. The number of aryl methyl sites for hydroxylation is 2. The fraction of sp³-hybridized carbons (Fsp3) is 0.438. The van der Waals surface area contributed by atoms with Crippen LogP contribution in [0.25, 0.3) is 11.0 Å². The molecule has 1 saturated heterocycles. The summed E-state index contributed by atoms with van der Waals surface area (Å²) in [4.78, 5) is 21.3. The van der Waals surface area contributed by atoms with Crippen molar-refractivity contribution in [2.24, 2.45) is 0 Å². The van der Waals surface area contributed by atoms with Crippen molar-refractivity contribution in [1.82, 2.24) is 20.6 Å². The zero-order valence-corrected chi connectivity index (χ0v) is 12.4. The lowest BCUT2D eigenvalue weighted by molar-refractivity contribution is 0.0929. The van der Waals surface area contributed by atoms with Gasteiger partial charge in [-0.2, -0.15) is 0 Å². The number of rotatable bonds is 2. The third-order valence-corrected chi connectivity index (χ3v) is 4.01. The number of piperidine rings is 1. The number of carbonyl (C=O) groups is 1. The van der Waals surface area contributed by atoms with Crippen LogP contribution in [0.1, 0.15) is 34.6 Å². The van der Waals surface area contributed by atoms with Gasteiger partial charge < -0.3 is 10.6 Å². The molecule has 5 nitrogen and oxygen atoms in total. The maximum absolute atomic E-state index is 12.3. The van der Waals surface area contributed by atoms with E-state index in [2.05, 4.69) is 20.6 Å². The highest BCUT2D eigenvalue weighted by molar-refractivity contribution is 5.97. The SMILES string of the molecule is Cc1nc2ccc(C(=O)NC3CCNCC3)cc2nc1C. The summed E-state index contributed by atoms with van der Waals surface area (Å²) in [6, 6.07) is 5.78. The molecule has 0 radical (unpaired) electrons. The molecule has 1 fully saturated rings. The number of carbonyl (C=O) groups excluding carboxylic acids is 1. The highest BCUT2D eigenvalue weighted by atomic mass is 16.1. The monoisotopic (exact) mass is 284 g/mol. The molecule has 0 spiro atoms. The minimum atomic E-state index is -0.0242. The van der Waals surface area contributed by atoms with E-state index in [1.54, 1.807) is 0 Å². The van der Waals surface area contributed by atoms with Gasteiger partial charge in [-0.05, 0) is 58.0 Å². The van der Waals surface area contributed by atoms with Gasteiger partial charge in [-0.1, -0.05) is 0 Å². The van der Waals surface area contributed by atoms with E-state index in [0.717, 1.165) is 48.4 Å². The maximum Gasteiger partial charge on any atom is 0.251 e. The number of aromatic nitrogens is 2. The van der Waals surface area contributed by atoms with Gasteiger partial charge in [-0.3, -0.25) is 4.79 Å². The van der Waals surface area contributed by atoms with Gasteiger partial charge in [-0.15, -0.1) is 0 Å². The van der Waals surface area contributed by atoms with Crippen molar-refractivity contribution in [3.8, 4) is 0 Å². The first-order valence-electron chi connectivity index (χ1n) is 7.40. The Labute approximate surface area is 124 Å². The fourth-order valence-electron chi connectivity index (χ4n) is 2.61. The van der Waals surface area contributed by atoms with Crippen molar-refractivity contribution in [2.45, 2.75) is 32.7 Å². The summed E-state index contributed by atoms with van der Waals surface area (Å²) in [5.74, 6) is -0.0242. The van der Waals surface area contributed by atoms with Crippen molar-refractivity contribution in [1.29, 1.82) is 0 Å². The second kappa shape index (κ2) is 5.77. The van der Waals surface area contributed by atoms with E-state index < -0.39 is 0 Å². The number of fused-ring (bicyclic) bond motifs is 1. The van der Waals surface area contributed by atoms with Crippen LogP contribution in [-0.4, -0.2) is 35.0 Å². The van der Waals surface area contributed by atoms with E-state index in [1.165, 1.54) is 0 Å². The Balaban J connectivity index is 1.82.